The first kappa shape index (κ1) is 17.7. The van der Waals surface area contributed by atoms with Crippen molar-refractivity contribution in [2.75, 3.05) is 19.4 Å². The highest BCUT2D eigenvalue weighted by Crippen LogP contribution is 2.22. The fourth-order valence-corrected chi connectivity index (χ4v) is 2.63. The van der Waals surface area contributed by atoms with Crippen molar-refractivity contribution in [2.24, 2.45) is 0 Å². The molecule has 0 saturated heterocycles. The van der Waals surface area contributed by atoms with Gasteiger partial charge in [-0.15, -0.1) is 0 Å². The Balaban J connectivity index is 1.83. The van der Waals surface area contributed by atoms with Gasteiger partial charge in [0.05, 0.1) is 16.9 Å². The molecule has 2 aromatic carbocycles. The van der Waals surface area contributed by atoms with Gasteiger partial charge in [0.1, 0.15) is 5.69 Å². The highest BCUT2D eigenvalue weighted by atomic mass is 35.5. The fourth-order valence-electron chi connectivity index (χ4n) is 2.44. The van der Waals surface area contributed by atoms with Crippen LogP contribution in [-0.4, -0.2) is 41.0 Å². The maximum Gasteiger partial charge on any atom is 0.273 e. The van der Waals surface area contributed by atoms with Crippen molar-refractivity contribution in [2.45, 2.75) is 0 Å². The Morgan fingerprint density at radius 3 is 2.58 bits per heavy atom. The van der Waals surface area contributed by atoms with E-state index in [0.717, 1.165) is 5.56 Å². The van der Waals surface area contributed by atoms with Gasteiger partial charge < -0.3 is 10.2 Å². The molecule has 26 heavy (non-hydrogen) atoms. The van der Waals surface area contributed by atoms with Crippen LogP contribution in [0.15, 0.2) is 54.6 Å². The highest BCUT2D eigenvalue weighted by Gasteiger charge is 2.17. The van der Waals surface area contributed by atoms with Crippen molar-refractivity contribution in [1.82, 2.24) is 15.1 Å². The summed E-state index contributed by atoms with van der Waals surface area (Å²) in [4.78, 5) is 26.2. The lowest BCUT2D eigenvalue weighted by Gasteiger charge is -2.14. The molecule has 0 aliphatic carbocycles. The summed E-state index contributed by atoms with van der Waals surface area (Å²) >= 11 is 5.99. The quantitative estimate of drug-likeness (QED) is 0.737. The summed E-state index contributed by atoms with van der Waals surface area (Å²) in [5, 5.41) is 10.2. The van der Waals surface area contributed by atoms with Crippen LogP contribution in [0.3, 0.4) is 0 Å². The van der Waals surface area contributed by atoms with Gasteiger partial charge in [0, 0.05) is 24.7 Å². The predicted molar refractivity (Wildman–Crippen MR) is 101 cm³/mol. The van der Waals surface area contributed by atoms with Gasteiger partial charge in [-0.25, -0.2) is 0 Å². The Bertz CT molecular complexity index is 965. The zero-order chi connectivity index (χ0) is 18.7. The number of nitrogens with one attached hydrogen (secondary N) is 2. The number of aromatic amines is 1. The number of hydrogen-bond acceptors (Lipinski definition) is 3. The van der Waals surface area contributed by atoms with Crippen LogP contribution in [0.1, 0.15) is 20.8 Å². The number of anilines is 1. The van der Waals surface area contributed by atoms with Crippen LogP contribution in [0, 0.1) is 0 Å². The van der Waals surface area contributed by atoms with Crippen molar-refractivity contribution in [1.29, 1.82) is 0 Å². The summed E-state index contributed by atoms with van der Waals surface area (Å²) in [6.45, 7) is 0. The third-order valence-electron chi connectivity index (χ3n) is 3.75. The second-order valence-corrected chi connectivity index (χ2v) is 6.31. The molecule has 0 aliphatic rings. The van der Waals surface area contributed by atoms with E-state index in [1.807, 2.05) is 12.1 Å². The monoisotopic (exact) mass is 368 g/mol. The summed E-state index contributed by atoms with van der Waals surface area (Å²) in [6, 6.07) is 15.7. The molecule has 7 heteroatoms. The molecule has 0 saturated carbocycles. The minimum atomic E-state index is -0.384. The van der Waals surface area contributed by atoms with Crippen molar-refractivity contribution < 1.29 is 9.59 Å². The maximum absolute atomic E-state index is 12.5. The molecule has 0 unspecified atom stereocenters. The number of para-hydroxylation sites is 1. The van der Waals surface area contributed by atoms with Gasteiger partial charge in [0.2, 0.25) is 0 Å². The molecule has 1 aromatic heterocycles. The molecule has 0 aliphatic heterocycles. The standard InChI is InChI=1S/C19H17ClN4O2/c1-24(2)19(26)14-8-3-4-9-15(14)21-18(25)17-11-16(22-23-17)12-6-5-7-13(20)10-12/h3-11H,1-2H3,(H,21,25)(H,22,23). The van der Waals surface area contributed by atoms with Crippen molar-refractivity contribution in [3.05, 3.63) is 70.9 Å². The fraction of sp³-hybridized carbons (Fsp3) is 0.105. The number of H-pyrrole nitrogens is 1. The Morgan fingerprint density at radius 1 is 1.08 bits per heavy atom. The Kier molecular flexibility index (Phi) is 5.04. The third-order valence-corrected chi connectivity index (χ3v) is 3.99. The minimum absolute atomic E-state index is 0.190. The van der Waals surface area contributed by atoms with E-state index < -0.39 is 0 Å². The number of carbonyl (C=O) groups excluding carboxylic acids is 2. The van der Waals surface area contributed by atoms with Crippen molar-refractivity contribution >= 4 is 29.1 Å². The van der Waals surface area contributed by atoms with Crippen LogP contribution in [0.2, 0.25) is 5.02 Å². The largest absolute Gasteiger partial charge is 0.345 e. The molecule has 3 aromatic rings. The molecule has 3 rings (SSSR count). The molecular formula is C19H17ClN4O2. The highest BCUT2D eigenvalue weighted by molar-refractivity contribution is 6.30. The predicted octanol–water partition coefficient (Wildman–Crippen LogP) is 3.68. The molecule has 2 amide bonds. The zero-order valence-corrected chi connectivity index (χ0v) is 15.0. The van der Waals surface area contributed by atoms with Gasteiger partial charge in [0.15, 0.2) is 0 Å². The molecule has 132 valence electrons. The first-order valence-electron chi connectivity index (χ1n) is 7.89. The van der Waals surface area contributed by atoms with Gasteiger partial charge in [0.25, 0.3) is 11.8 Å². The van der Waals surface area contributed by atoms with Crippen LogP contribution in [-0.2, 0) is 0 Å². The lowest BCUT2D eigenvalue weighted by Crippen LogP contribution is -2.24. The molecule has 2 N–H and O–H groups in total. The first-order valence-corrected chi connectivity index (χ1v) is 8.27. The second-order valence-electron chi connectivity index (χ2n) is 5.88. The molecule has 0 atom stereocenters. The topological polar surface area (TPSA) is 78.1 Å². The van der Waals surface area contributed by atoms with Crippen LogP contribution < -0.4 is 5.32 Å². The number of amides is 2. The molecule has 0 radical (unpaired) electrons. The second kappa shape index (κ2) is 7.41. The third kappa shape index (κ3) is 3.75. The lowest BCUT2D eigenvalue weighted by atomic mass is 10.1. The van der Waals surface area contributed by atoms with E-state index in [0.29, 0.717) is 22.0 Å². The first-order chi connectivity index (χ1) is 12.5. The van der Waals surface area contributed by atoms with Crippen LogP contribution in [0.25, 0.3) is 11.3 Å². The van der Waals surface area contributed by atoms with Crippen molar-refractivity contribution in [3.8, 4) is 11.3 Å². The Morgan fingerprint density at radius 2 is 1.85 bits per heavy atom. The number of hydrogen-bond donors (Lipinski definition) is 2. The average Bonchev–Trinajstić information content (AvgIpc) is 3.12. The zero-order valence-electron chi connectivity index (χ0n) is 14.3. The summed E-state index contributed by atoms with van der Waals surface area (Å²) in [6.07, 6.45) is 0. The molecular weight excluding hydrogens is 352 g/mol. The van der Waals surface area contributed by atoms with E-state index in [1.54, 1.807) is 56.6 Å². The SMILES string of the molecule is CN(C)C(=O)c1ccccc1NC(=O)c1cc(-c2cccc(Cl)c2)n[nH]1. The number of aromatic nitrogens is 2. The van der Waals surface area contributed by atoms with Gasteiger partial charge >= 0.3 is 0 Å². The van der Waals surface area contributed by atoms with Gasteiger partial charge in [-0.05, 0) is 30.3 Å². The maximum atomic E-state index is 12.5. The van der Waals surface area contributed by atoms with E-state index in [4.69, 9.17) is 11.6 Å². The Hall–Kier alpha value is -3.12. The van der Waals surface area contributed by atoms with Crippen molar-refractivity contribution in [3.63, 3.8) is 0 Å². The number of halogens is 1. The smallest absolute Gasteiger partial charge is 0.273 e. The van der Waals surface area contributed by atoms with Crippen LogP contribution >= 0.6 is 11.6 Å². The van der Waals surface area contributed by atoms with E-state index in [-0.39, 0.29) is 17.5 Å². The van der Waals surface area contributed by atoms with Gasteiger partial charge in [-0.3, -0.25) is 14.7 Å². The van der Waals surface area contributed by atoms with Gasteiger partial charge in [-0.1, -0.05) is 35.9 Å². The number of nitrogens with zero attached hydrogens (tertiary/aromatic N) is 2. The number of carbonyl (C=O) groups is 2. The van der Waals surface area contributed by atoms with Gasteiger partial charge in [-0.2, -0.15) is 5.10 Å². The van der Waals surface area contributed by atoms with E-state index in [2.05, 4.69) is 15.5 Å². The van der Waals surface area contributed by atoms with Crippen LogP contribution in [0.5, 0.6) is 0 Å². The molecule has 0 bridgehead atoms. The lowest BCUT2D eigenvalue weighted by molar-refractivity contribution is 0.0828. The normalized spacial score (nSPS) is 10.4. The van der Waals surface area contributed by atoms with E-state index >= 15 is 0 Å². The molecule has 1 heterocycles. The summed E-state index contributed by atoms with van der Waals surface area (Å²) in [7, 11) is 3.32. The summed E-state index contributed by atoms with van der Waals surface area (Å²) < 4.78 is 0. The summed E-state index contributed by atoms with van der Waals surface area (Å²) in [5.41, 5.74) is 2.55. The van der Waals surface area contributed by atoms with Crippen LogP contribution in [0.4, 0.5) is 5.69 Å². The number of rotatable bonds is 4. The molecule has 0 fully saturated rings. The number of benzene rings is 2. The minimum Gasteiger partial charge on any atom is -0.345 e. The average molecular weight is 369 g/mol. The van der Waals surface area contributed by atoms with E-state index in [1.165, 1.54) is 4.90 Å². The summed E-state index contributed by atoms with van der Waals surface area (Å²) in [5.74, 6) is -0.574. The Labute approximate surface area is 155 Å². The van der Waals surface area contributed by atoms with E-state index in [9.17, 15) is 9.59 Å². The molecule has 0 spiro atoms. The molecule has 6 nitrogen and oxygen atoms in total.